The van der Waals surface area contributed by atoms with Crippen LogP contribution in [0.15, 0.2) is 42.7 Å². The lowest BCUT2D eigenvalue weighted by Crippen LogP contribution is -2.42. The Morgan fingerprint density at radius 1 is 1.30 bits per heavy atom. The Bertz CT molecular complexity index is 1050. The number of rotatable bonds is 5. The van der Waals surface area contributed by atoms with Crippen LogP contribution in [0.1, 0.15) is 29.9 Å². The molecule has 3 aromatic rings. The van der Waals surface area contributed by atoms with Crippen LogP contribution in [0.4, 0.5) is 5.69 Å². The molecule has 0 saturated carbocycles. The van der Waals surface area contributed by atoms with Crippen molar-refractivity contribution in [3.63, 3.8) is 0 Å². The van der Waals surface area contributed by atoms with E-state index in [1.807, 2.05) is 18.2 Å². The Morgan fingerprint density at radius 2 is 2.11 bits per heavy atom. The average Bonchev–Trinajstić information content (AvgIpc) is 3.11. The third-order valence-corrected chi connectivity index (χ3v) is 3.99. The molecule has 2 heterocycles. The minimum atomic E-state index is -0.790. The molecule has 2 amide bonds. The van der Waals surface area contributed by atoms with E-state index >= 15 is 0 Å². The molecule has 0 atom stereocenters. The topological polar surface area (TPSA) is 99.8 Å². The summed E-state index contributed by atoms with van der Waals surface area (Å²) in [5.41, 5.74) is 1.60. The van der Waals surface area contributed by atoms with Gasteiger partial charge in [-0.1, -0.05) is 18.1 Å². The quantitative estimate of drug-likeness (QED) is 0.607. The summed E-state index contributed by atoms with van der Waals surface area (Å²) >= 11 is 0. The number of aromatic amines is 1. The van der Waals surface area contributed by atoms with Gasteiger partial charge in [-0.15, -0.1) is 6.42 Å². The number of carbonyl (C=O) groups is 2. The Labute approximate surface area is 156 Å². The van der Waals surface area contributed by atoms with Gasteiger partial charge in [0.1, 0.15) is 5.69 Å². The largest absolute Gasteiger partial charge is 0.335 e. The number of terminal acetylenes is 1. The Balaban J connectivity index is 1.71. The lowest BCUT2D eigenvalue weighted by atomic mass is 10.1. The number of hydrogen-bond donors (Lipinski definition) is 3. The number of aromatic nitrogens is 3. The van der Waals surface area contributed by atoms with Crippen molar-refractivity contribution in [2.24, 2.45) is 0 Å². The van der Waals surface area contributed by atoms with Crippen LogP contribution in [0, 0.1) is 12.3 Å². The maximum Gasteiger partial charge on any atom is 0.271 e. The van der Waals surface area contributed by atoms with Crippen LogP contribution >= 0.6 is 0 Å². The van der Waals surface area contributed by atoms with Crippen molar-refractivity contribution in [1.82, 2.24) is 20.5 Å². The second kappa shape index (κ2) is 7.30. The van der Waals surface area contributed by atoms with Gasteiger partial charge in [0.2, 0.25) is 5.91 Å². The fraction of sp³-hybridized carbons (Fsp3) is 0.200. The minimum absolute atomic E-state index is 0.174. The smallest absolute Gasteiger partial charge is 0.271 e. The SMILES string of the molecule is C#CC(C)(C)NC(=O)c1cc(NC(=O)Cc2cccc3[nH]ncc23)ccn1. The first-order chi connectivity index (χ1) is 12.9. The highest BCUT2D eigenvalue weighted by Crippen LogP contribution is 2.17. The van der Waals surface area contributed by atoms with E-state index in [4.69, 9.17) is 6.42 Å². The van der Waals surface area contributed by atoms with E-state index in [0.29, 0.717) is 5.69 Å². The van der Waals surface area contributed by atoms with E-state index < -0.39 is 11.4 Å². The fourth-order valence-electron chi connectivity index (χ4n) is 2.58. The number of pyridine rings is 1. The second-order valence-corrected chi connectivity index (χ2v) is 6.63. The van der Waals surface area contributed by atoms with Gasteiger partial charge in [0.15, 0.2) is 0 Å². The number of carbonyl (C=O) groups excluding carboxylic acids is 2. The van der Waals surface area contributed by atoms with Crippen LogP contribution in [0.5, 0.6) is 0 Å². The molecule has 1 aromatic carbocycles. The number of nitrogens with zero attached hydrogens (tertiary/aromatic N) is 2. The summed E-state index contributed by atoms with van der Waals surface area (Å²) in [7, 11) is 0. The number of amides is 2. The first-order valence-electron chi connectivity index (χ1n) is 8.35. The molecule has 0 aliphatic carbocycles. The molecule has 0 fully saturated rings. The maximum atomic E-state index is 12.4. The number of H-pyrrole nitrogens is 1. The van der Waals surface area contributed by atoms with Crippen molar-refractivity contribution >= 4 is 28.4 Å². The molecule has 3 rings (SSSR count). The predicted molar refractivity (Wildman–Crippen MR) is 103 cm³/mol. The van der Waals surface area contributed by atoms with Crippen LogP contribution in [0.25, 0.3) is 10.9 Å². The van der Waals surface area contributed by atoms with Crippen LogP contribution in [0.3, 0.4) is 0 Å². The molecule has 0 unspecified atom stereocenters. The summed E-state index contributed by atoms with van der Waals surface area (Å²) in [5.74, 6) is 1.88. The zero-order valence-corrected chi connectivity index (χ0v) is 15.0. The number of fused-ring (bicyclic) bond motifs is 1. The molecule has 0 spiro atoms. The van der Waals surface area contributed by atoms with Gasteiger partial charge in [0.05, 0.1) is 23.7 Å². The van der Waals surface area contributed by atoms with Crippen molar-refractivity contribution in [3.8, 4) is 12.3 Å². The summed E-state index contributed by atoms with van der Waals surface area (Å²) in [5, 5.41) is 13.3. The molecule has 0 radical (unpaired) electrons. The summed E-state index contributed by atoms with van der Waals surface area (Å²) < 4.78 is 0. The van der Waals surface area contributed by atoms with Gasteiger partial charge in [-0.2, -0.15) is 5.10 Å². The van der Waals surface area contributed by atoms with Gasteiger partial charge < -0.3 is 10.6 Å². The molecule has 7 heteroatoms. The Kier molecular flexibility index (Phi) is 4.90. The molecule has 136 valence electrons. The van der Waals surface area contributed by atoms with Crippen molar-refractivity contribution in [1.29, 1.82) is 0 Å². The first kappa shape index (κ1) is 18.1. The minimum Gasteiger partial charge on any atom is -0.335 e. The molecule has 2 aromatic heterocycles. The highest BCUT2D eigenvalue weighted by Gasteiger charge is 2.19. The molecule has 0 saturated heterocycles. The third-order valence-electron chi connectivity index (χ3n) is 3.99. The number of hydrogen-bond acceptors (Lipinski definition) is 4. The van der Waals surface area contributed by atoms with Gasteiger partial charge in [-0.25, -0.2) is 0 Å². The van der Waals surface area contributed by atoms with Crippen LogP contribution in [0.2, 0.25) is 0 Å². The molecule has 3 N–H and O–H groups in total. The van der Waals surface area contributed by atoms with Gasteiger partial charge >= 0.3 is 0 Å². The number of nitrogens with one attached hydrogen (secondary N) is 3. The monoisotopic (exact) mass is 361 g/mol. The highest BCUT2D eigenvalue weighted by molar-refractivity contribution is 5.97. The van der Waals surface area contributed by atoms with Crippen LogP contribution < -0.4 is 10.6 Å². The molecule has 0 aliphatic rings. The van der Waals surface area contributed by atoms with E-state index in [-0.39, 0.29) is 18.0 Å². The fourth-order valence-corrected chi connectivity index (χ4v) is 2.58. The standard InChI is InChI=1S/C20H19N5O2/c1-4-20(2,3)24-19(27)17-11-14(8-9-21-17)23-18(26)10-13-6-5-7-16-15(13)12-22-25-16/h1,5-9,11-12H,10H2,2-3H3,(H,22,25)(H,24,27)(H,21,23,26). The molecule has 7 nitrogen and oxygen atoms in total. The van der Waals surface area contributed by atoms with Crippen LogP contribution in [-0.4, -0.2) is 32.5 Å². The van der Waals surface area contributed by atoms with E-state index in [2.05, 4.69) is 31.7 Å². The zero-order valence-electron chi connectivity index (χ0n) is 15.0. The number of anilines is 1. The van der Waals surface area contributed by atoms with Gasteiger partial charge in [-0.05, 0) is 37.6 Å². The van der Waals surface area contributed by atoms with Crippen molar-refractivity contribution in [3.05, 3.63) is 54.0 Å². The van der Waals surface area contributed by atoms with Gasteiger partial charge in [0.25, 0.3) is 5.91 Å². The third kappa shape index (κ3) is 4.30. The summed E-state index contributed by atoms with van der Waals surface area (Å²) in [6.07, 6.45) is 8.73. The Morgan fingerprint density at radius 3 is 2.89 bits per heavy atom. The Hall–Kier alpha value is -3.66. The summed E-state index contributed by atoms with van der Waals surface area (Å²) in [6.45, 7) is 3.43. The summed E-state index contributed by atoms with van der Waals surface area (Å²) in [4.78, 5) is 28.7. The van der Waals surface area contributed by atoms with E-state index in [9.17, 15) is 9.59 Å². The number of benzene rings is 1. The molecule has 27 heavy (non-hydrogen) atoms. The first-order valence-corrected chi connectivity index (χ1v) is 8.35. The van der Waals surface area contributed by atoms with Crippen LogP contribution in [-0.2, 0) is 11.2 Å². The summed E-state index contributed by atoms with van der Waals surface area (Å²) in [6, 6.07) is 8.78. The van der Waals surface area contributed by atoms with Crippen molar-refractivity contribution < 1.29 is 9.59 Å². The molecular weight excluding hydrogens is 342 g/mol. The van der Waals surface area contributed by atoms with Gasteiger partial charge in [0, 0.05) is 17.3 Å². The highest BCUT2D eigenvalue weighted by atomic mass is 16.2. The molecular formula is C20H19N5O2. The second-order valence-electron chi connectivity index (χ2n) is 6.63. The van der Waals surface area contributed by atoms with Crippen molar-refractivity contribution in [2.75, 3.05) is 5.32 Å². The molecule has 0 aliphatic heterocycles. The average molecular weight is 361 g/mol. The predicted octanol–water partition coefficient (Wildman–Crippen LogP) is 2.28. The van der Waals surface area contributed by atoms with E-state index in [1.54, 1.807) is 26.1 Å². The van der Waals surface area contributed by atoms with Crippen molar-refractivity contribution in [2.45, 2.75) is 25.8 Å². The molecule has 0 bridgehead atoms. The van der Waals surface area contributed by atoms with Gasteiger partial charge in [-0.3, -0.25) is 19.7 Å². The zero-order chi connectivity index (χ0) is 19.4. The lowest BCUT2D eigenvalue weighted by molar-refractivity contribution is -0.115. The van der Waals surface area contributed by atoms with E-state index in [1.165, 1.54) is 12.3 Å². The normalized spacial score (nSPS) is 11.0. The van der Waals surface area contributed by atoms with E-state index in [0.717, 1.165) is 16.5 Å². The lowest BCUT2D eigenvalue weighted by Gasteiger charge is -2.19. The maximum absolute atomic E-state index is 12.4.